The number of amides is 1. The molecule has 1 saturated heterocycles. The summed E-state index contributed by atoms with van der Waals surface area (Å²) in [6.07, 6.45) is 0. The van der Waals surface area contributed by atoms with Gasteiger partial charge in [0.2, 0.25) is 5.91 Å². The average molecular weight is 279 g/mol. The van der Waals surface area contributed by atoms with Crippen LogP contribution in [0.2, 0.25) is 0 Å². The molecule has 1 heterocycles. The van der Waals surface area contributed by atoms with Gasteiger partial charge in [-0.1, -0.05) is 0 Å². The Kier molecular flexibility index (Phi) is 6.50. The molecule has 0 saturated carbocycles. The second kappa shape index (κ2) is 6.56. The van der Waals surface area contributed by atoms with Gasteiger partial charge in [0.15, 0.2) is 0 Å². The highest BCUT2D eigenvalue weighted by molar-refractivity contribution is 8.00. The summed E-state index contributed by atoms with van der Waals surface area (Å²) in [5.74, 6) is -0.959. The number of hydrogen-bond acceptors (Lipinski definition) is 3. The van der Waals surface area contributed by atoms with Crippen LogP contribution in [-0.2, 0) is 4.79 Å². The van der Waals surface area contributed by atoms with Gasteiger partial charge in [0.25, 0.3) is 0 Å². The molecule has 8 heteroatoms. The molecule has 0 aliphatic carbocycles. The lowest BCUT2D eigenvalue weighted by atomic mass is 10.2. The standard InChI is InChI=1S/C8H13F3N2OS.ClH/c1-6-4-12-2-3-13(6)7(14)5-15-8(9,10)11;/h6,12H,2-5H2,1H3;1H/t6-;/m1./s1. The van der Waals surface area contributed by atoms with Crippen LogP contribution in [0.25, 0.3) is 0 Å². The summed E-state index contributed by atoms with van der Waals surface area (Å²) in [5.41, 5.74) is -4.33. The zero-order valence-electron chi connectivity index (χ0n) is 8.71. The second-order valence-electron chi connectivity index (χ2n) is 3.37. The molecular weight excluding hydrogens is 265 g/mol. The van der Waals surface area contributed by atoms with Crippen LogP contribution in [0.3, 0.4) is 0 Å². The minimum Gasteiger partial charge on any atom is -0.337 e. The number of hydrogen-bond donors (Lipinski definition) is 1. The van der Waals surface area contributed by atoms with Crippen molar-refractivity contribution in [2.24, 2.45) is 0 Å². The molecule has 0 aromatic carbocycles. The normalized spacial score (nSPS) is 21.5. The fourth-order valence-corrected chi connectivity index (χ4v) is 1.89. The van der Waals surface area contributed by atoms with Gasteiger partial charge in [-0.05, 0) is 18.7 Å². The van der Waals surface area contributed by atoms with Gasteiger partial charge in [0.05, 0.1) is 5.75 Å². The Labute approximate surface area is 103 Å². The number of carbonyl (C=O) groups excluding carboxylic acids is 1. The van der Waals surface area contributed by atoms with Gasteiger partial charge in [-0.25, -0.2) is 0 Å². The van der Waals surface area contributed by atoms with Gasteiger partial charge in [-0.3, -0.25) is 4.79 Å². The highest BCUT2D eigenvalue weighted by Crippen LogP contribution is 2.30. The highest BCUT2D eigenvalue weighted by atomic mass is 35.5. The molecule has 1 amide bonds. The largest absolute Gasteiger partial charge is 0.442 e. The number of nitrogens with one attached hydrogen (secondary N) is 1. The summed E-state index contributed by atoms with van der Waals surface area (Å²) >= 11 is -0.274. The van der Waals surface area contributed by atoms with Crippen molar-refractivity contribution in [3.63, 3.8) is 0 Å². The van der Waals surface area contributed by atoms with Crippen molar-refractivity contribution in [1.82, 2.24) is 10.2 Å². The number of rotatable bonds is 2. The highest BCUT2D eigenvalue weighted by Gasteiger charge is 2.31. The molecule has 0 bridgehead atoms. The van der Waals surface area contributed by atoms with Crippen LogP contribution >= 0.6 is 24.2 Å². The van der Waals surface area contributed by atoms with Gasteiger partial charge in [0.1, 0.15) is 0 Å². The first-order valence-corrected chi connectivity index (χ1v) is 5.59. The van der Waals surface area contributed by atoms with E-state index in [0.717, 1.165) is 0 Å². The van der Waals surface area contributed by atoms with Crippen LogP contribution in [-0.4, -0.2) is 47.7 Å². The van der Waals surface area contributed by atoms with E-state index >= 15 is 0 Å². The molecule has 0 aromatic heterocycles. The van der Waals surface area contributed by atoms with E-state index in [1.165, 1.54) is 4.90 Å². The molecule has 1 N–H and O–H groups in total. The number of piperazine rings is 1. The van der Waals surface area contributed by atoms with E-state index in [4.69, 9.17) is 0 Å². The van der Waals surface area contributed by atoms with Crippen molar-refractivity contribution in [2.45, 2.75) is 18.5 Å². The second-order valence-corrected chi connectivity index (χ2v) is 4.41. The minimum atomic E-state index is -4.33. The van der Waals surface area contributed by atoms with Crippen molar-refractivity contribution in [3.8, 4) is 0 Å². The topological polar surface area (TPSA) is 32.3 Å². The Morgan fingerprint density at radius 3 is 2.69 bits per heavy atom. The van der Waals surface area contributed by atoms with Crippen molar-refractivity contribution >= 4 is 30.1 Å². The molecule has 0 unspecified atom stereocenters. The molecule has 3 nitrogen and oxygen atoms in total. The van der Waals surface area contributed by atoms with Gasteiger partial charge >= 0.3 is 5.51 Å². The zero-order chi connectivity index (χ0) is 11.5. The smallest absolute Gasteiger partial charge is 0.337 e. The first-order chi connectivity index (χ1) is 6.90. The molecule has 0 aromatic rings. The van der Waals surface area contributed by atoms with Crippen molar-refractivity contribution in [3.05, 3.63) is 0 Å². The van der Waals surface area contributed by atoms with Crippen LogP contribution in [0.1, 0.15) is 6.92 Å². The Bertz CT molecular complexity index is 240. The maximum Gasteiger partial charge on any atom is 0.442 e. The molecule has 1 fully saturated rings. The quantitative estimate of drug-likeness (QED) is 0.830. The van der Waals surface area contributed by atoms with Crippen LogP contribution in [0.15, 0.2) is 0 Å². The maximum atomic E-state index is 11.9. The number of alkyl halides is 3. The van der Waals surface area contributed by atoms with Gasteiger partial charge in [-0.15, -0.1) is 12.4 Å². The third-order valence-corrected chi connectivity index (χ3v) is 2.90. The monoisotopic (exact) mass is 278 g/mol. The minimum absolute atomic E-state index is 0. The van der Waals surface area contributed by atoms with E-state index in [1.54, 1.807) is 0 Å². The Morgan fingerprint density at radius 2 is 2.19 bits per heavy atom. The lowest BCUT2D eigenvalue weighted by Gasteiger charge is -2.34. The Hall–Kier alpha value is -0.140. The van der Waals surface area contributed by atoms with Crippen LogP contribution in [0.5, 0.6) is 0 Å². The van der Waals surface area contributed by atoms with Crippen molar-refractivity contribution in [1.29, 1.82) is 0 Å². The number of carbonyl (C=O) groups is 1. The maximum absolute atomic E-state index is 11.9. The lowest BCUT2D eigenvalue weighted by molar-refractivity contribution is -0.131. The van der Waals surface area contributed by atoms with Crippen molar-refractivity contribution in [2.75, 3.05) is 25.4 Å². The molecular formula is C8H14ClF3N2OS. The zero-order valence-corrected chi connectivity index (χ0v) is 10.3. The first kappa shape index (κ1) is 15.9. The fourth-order valence-electron chi connectivity index (χ4n) is 1.44. The summed E-state index contributed by atoms with van der Waals surface area (Å²) in [6, 6.07) is -0.0277. The third-order valence-electron chi connectivity index (χ3n) is 2.18. The Balaban J connectivity index is 0.00000225. The van der Waals surface area contributed by atoms with Gasteiger partial charge in [0, 0.05) is 25.7 Å². The Morgan fingerprint density at radius 1 is 1.56 bits per heavy atom. The average Bonchev–Trinajstić information content (AvgIpc) is 2.14. The van der Waals surface area contributed by atoms with Crippen molar-refractivity contribution < 1.29 is 18.0 Å². The van der Waals surface area contributed by atoms with E-state index in [9.17, 15) is 18.0 Å². The number of thioether (sulfide) groups is 1. The van der Waals surface area contributed by atoms with Crippen LogP contribution in [0, 0.1) is 0 Å². The van der Waals surface area contributed by atoms with E-state index in [2.05, 4.69) is 5.32 Å². The van der Waals surface area contributed by atoms with E-state index in [0.29, 0.717) is 19.6 Å². The predicted molar refractivity (Wildman–Crippen MR) is 59.8 cm³/mol. The molecule has 1 rings (SSSR count). The van der Waals surface area contributed by atoms with E-state index < -0.39 is 17.2 Å². The SMILES string of the molecule is C[C@@H]1CNCCN1C(=O)CSC(F)(F)F.Cl. The van der Waals surface area contributed by atoms with Gasteiger partial charge in [-0.2, -0.15) is 13.2 Å². The summed E-state index contributed by atoms with van der Waals surface area (Å²) in [6.45, 7) is 3.59. The molecule has 0 spiro atoms. The lowest BCUT2D eigenvalue weighted by Crippen LogP contribution is -2.52. The molecule has 1 aliphatic heterocycles. The molecule has 0 radical (unpaired) electrons. The number of nitrogens with zero attached hydrogens (tertiary/aromatic N) is 1. The predicted octanol–water partition coefficient (Wildman–Crippen LogP) is 1.48. The summed E-state index contributed by atoms with van der Waals surface area (Å²) in [5, 5.41) is 3.07. The summed E-state index contributed by atoms with van der Waals surface area (Å²) in [7, 11) is 0. The molecule has 16 heavy (non-hydrogen) atoms. The van der Waals surface area contributed by atoms with E-state index in [1.807, 2.05) is 6.92 Å². The molecule has 1 aliphatic rings. The molecule has 1 atom stereocenters. The van der Waals surface area contributed by atoms with Crippen LogP contribution < -0.4 is 5.32 Å². The third kappa shape index (κ3) is 5.27. The van der Waals surface area contributed by atoms with Gasteiger partial charge < -0.3 is 10.2 Å². The van der Waals surface area contributed by atoms with Crippen LogP contribution in [0.4, 0.5) is 13.2 Å². The summed E-state index contributed by atoms with van der Waals surface area (Å²) in [4.78, 5) is 12.9. The molecule has 96 valence electrons. The number of halogens is 4. The fraction of sp³-hybridized carbons (Fsp3) is 0.875. The van der Waals surface area contributed by atoms with E-state index in [-0.39, 0.29) is 30.2 Å². The first-order valence-electron chi connectivity index (χ1n) is 4.61. The summed E-state index contributed by atoms with van der Waals surface area (Å²) < 4.78 is 35.6.